The summed E-state index contributed by atoms with van der Waals surface area (Å²) in [5.41, 5.74) is 0. The van der Waals surface area contributed by atoms with Gasteiger partial charge in [-0.05, 0) is 57.3 Å². The number of allylic oxidation sites excluding steroid dienone is 5. The van der Waals surface area contributed by atoms with Crippen LogP contribution in [-0.2, 0) is 19.1 Å². The first-order chi connectivity index (χ1) is 22.3. The topological polar surface area (TPSA) is 113 Å². The molecule has 3 atom stereocenters. The van der Waals surface area contributed by atoms with Gasteiger partial charge in [0.25, 0.3) is 0 Å². The largest absolute Gasteiger partial charge is 0.463 e. The van der Waals surface area contributed by atoms with Gasteiger partial charge in [0.05, 0.1) is 12.2 Å². The van der Waals surface area contributed by atoms with Crippen molar-refractivity contribution in [2.24, 2.45) is 5.92 Å². The van der Waals surface area contributed by atoms with Crippen LogP contribution in [0.1, 0.15) is 162 Å². The molecule has 7 heteroatoms. The molecule has 0 aliphatic rings. The molecule has 0 aliphatic carbocycles. The zero-order valence-electron chi connectivity index (χ0n) is 29.7. The van der Waals surface area contributed by atoms with E-state index < -0.39 is 24.3 Å². The second-order valence-electron chi connectivity index (χ2n) is 13.1. The number of carbonyl (C=O) groups is 2. The summed E-state index contributed by atoms with van der Waals surface area (Å²) in [7, 11) is 0. The van der Waals surface area contributed by atoms with Gasteiger partial charge in [0, 0.05) is 12.8 Å². The van der Waals surface area contributed by atoms with Crippen LogP contribution in [0.5, 0.6) is 0 Å². The molecule has 0 spiro atoms. The Hall–Kier alpha value is -1.96. The fourth-order valence-corrected chi connectivity index (χ4v) is 5.02. The molecule has 0 aromatic carbocycles. The van der Waals surface area contributed by atoms with Gasteiger partial charge < -0.3 is 24.8 Å². The van der Waals surface area contributed by atoms with Gasteiger partial charge in [-0.2, -0.15) is 0 Å². The standard InChI is InChI=1S/C39H70O7/c1-4-5-6-7-8-9-10-11-15-18-21-24-28-36(41)37(42)29-26-31-39(44)46-33-35(40)32-45-38(43)30-25-22-19-16-13-12-14-17-20-23-27-34(2)3/h8-9,11,15,21,24,34-37,40-42H,4-7,10,12-14,16-20,22-23,25-33H2,1-3H3/b9-8-,15-11-,24-21-/t35-,36?,37?/m1/s1. The van der Waals surface area contributed by atoms with Crippen molar-refractivity contribution in [1.29, 1.82) is 0 Å². The van der Waals surface area contributed by atoms with E-state index in [1.165, 1.54) is 70.6 Å². The van der Waals surface area contributed by atoms with E-state index in [0.29, 0.717) is 19.3 Å². The summed E-state index contributed by atoms with van der Waals surface area (Å²) in [6.07, 6.45) is 31.0. The van der Waals surface area contributed by atoms with Gasteiger partial charge in [-0.3, -0.25) is 9.59 Å². The lowest BCUT2D eigenvalue weighted by molar-refractivity contribution is -0.152. The SMILES string of the molecule is CCCCC/C=C\C/C=C\C/C=C\CC(O)C(O)CCCC(=O)OC[C@H](O)COC(=O)CCCCCCCCCCCCC(C)C. The van der Waals surface area contributed by atoms with E-state index >= 15 is 0 Å². The molecule has 0 bridgehead atoms. The fourth-order valence-electron chi connectivity index (χ4n) is 5.02. The van der Waals surface area contributed by atoms with E-state index in [2.05, 4.69) is 45.1 Å². The lowest BCUT2D eigenvalue weighted by Crippen LogP contribution is -2.26. The quantitative estimate of drug-likeness (QED) is 0.0378. The van der Waals surface area contributed by atoms with Crippen molar-refractivity contribution in [2.75, 3.05) is 13.2 Å². The summed E-state index contributed by atoms with van der Waals surface area (Å²) < 4.78 is 10.2. The number of aliphatic hydroxyl groups excluding tert-OH is 3. The molecule has 268 valence electrons. The van der Waals surface area contributed by atoms with Crippen LogP contribution in [0.2, 0.25) is 0 Å². The van der Waals surface area contributed by atoms with Crippen LogP contribution in [0.3, 0.4) is 0 Å². The van der Waals surface area contributed by atoms with Gasteiger partial charge in [-0.25, -0.2) is 0 Å². The second kappa shape index (κ2) is 33.0. The molecule has 0 radical (unpaired) electrons. The highest BCUT2D eigenvalue weighted by atomic mass is 16.6. The maximum absolute atomic E-state index is 12.0. The number of ether oxygens (including phenoxy) is 2. The average Bonchev–Trinajstić information content (AvgIpc) is 3.03. The van der Waals surface area contributed by atoms with Crippen LogP contribution >= 0.6 is 0 Å². The molecule has 0 fully saturated rings. The van der Waals surface area contributed by atoms with Crippen LogP contribution in [0, 0.1) is 5.92 Å². The Labute approximate surface area is 281 Å². The van der Waals surface area contributed by atoms with E-state index in [4.69, 9.17) is 9.47 Å². The summed E-state index contributed by atoms with van der Waals surface area (Å²) in [4.78, 5) is 23.9. The Bertz CT molecular complexity index is 789. The number of hydrogen-bond acceptors (Lipinski definition) is 7. The summed E-state index contributed by atoms with van der Waals surface area (Å²) in [6, 6.07) is 0. The molecule has 3 N–H and O–H groups in total. The molecule has 0 heterocycles. The van der Waals surface area contributed by atoms with E-state index in [-0.39, 0.29) is 32.0 Å². The Kier molecular flexibility index (Phi) is 31.6. The molecule has 0 aliphatic heterocycles. The molecule has 0 saturated heterocycles. The minimum absolute atomic E-state index is 0.0717. The first-order valence-electron chi connectivity index (χ1n) is 18.6. The van der Waals surface area contributed by atoms with Crippen molar-refractivity contribution in [2.45, 2.75) is 180 Å². The van der Waals surface area contributed by atoms with Gasteiger partial charge in [-0.1, -0.05) is 134 Å². The third-order valence-electron chi connectivity index (χ3n) is 8.01. The average molecular weight is 651 g/mol. The molecule has 0 aromatic heterocycles. The lowest BCUT2D eigenvalue weighted by Gasteiger charge is -2.16. The van der Waals surface area contributed by atoms with Crippen LogP contribution in [0.25, 0.3) is 0 Å². The van der Waals surface area contributed by atoms with Crippen molar-refractivity contribution in [3.05, 3.63) is 36.5 Å². The first-order valence-corrected chi connectivity index (χ1v) is 18.6. The molecule has 46 heavy (non-hydrogen) atoms. The summed E-state index contributed by atoms with van der Waals surface area (Å²) in [6.45, 7) is 6.33. The Morgan fingerprint density at radius 2 is 1.07 bits per heavy atom. The van der Waals surface area contributed by atoms with Gasteiger partial charge in [0.2, 0.25) is 0 Å². The minimum Gasteiger partial charge on any atom is -0.463 e. The van der Waals surface area contributed by atoms with E-state index in [1.807, 2.05) is 12.2 Å². The van der Waals surface area contributed by atoms with Gasteiger partial charge in [-0.15, -0.1) is 0 Å². The molecule has 7 nitrogen and oxygen atoms in total. The fraction of sp³-hybridized carbons (Fsp3) is 0.795. The Morgan fingerprint density at radius 1 is 0.565 bits per heavy atom. The predicted octanol–water partition coefficient (Wildman–Crippen LogP) is 9.08. The highest BCUT2D eigenvalue weighted by molar-refractivity contribution is 5.69. The molecular formula is C39H70O7. The molecule has 2 unspecified atom stereocenters. The number of hydrogen-bond donors (Lipinski definition) is 3. The molecular weight excluding hydrogens is 580 g/mol. The zero-order valence-corrected chi connectivity index (χ0v) is 29.7. The third-order valence-corrected chi connectivity index (χ3v) is 8.01. The van der Waals surface area contributed by atoms with Crippen LogP contribution in [0.15, 0.2) is 36.5 Å². The van der Waals surface area contributed by atoms with E-state index in [9.17, 15) is 24.9 Å². The monoisotopic (exact) mass is 651 g/mol. The predicted molar refractivity (Wildman–Crippen MR) is 189 cm³/mol. The van der Waals surface area contributed by atoms with Gasteiger partial charge in [0.1, 0.15) is 19.3 Å². The van der Waals surface area contributed by atoms with E-state index in [0.717, 1.165) is 44.4 Å². The van der Waals surface area contributed by atoms with E-state index in [1.54, 1.807) is 0 Å². The van der Waals surface area contributed by atoms with Crippen LogP contribution < -0.4 is 0 Å². The second-order valence-corrected chi connectivity index (χ2v) is 13.1. The maximum Gasteiger partial charge on any atom is 0.305 e. The first kappa shape index (κ1) is 44.0. The highest BCUT2D eigenvalue weighted by Gasteiger charge is 2.16. The number of esters is 2. The van der Waals surface area contributed by atoms with Gasteiger partial charge >= 0.3 is 11.9 Å². The molecule has 0 saturated carbocycles. The Morgan fingerprint density at radius 3 is 1.63 bits per heavy atom. The van der Waals surface area contributed by atoms with Crippen molar-refractivity contribution >= 4 is 11.9 Å². The van der Waals surface area contributed by atoms with Crippen molar-refractivity contribution in [3.8, 4) is 0 Å². The van der Waals surface area contributed by atoms with Crippen LogP contribution in [-0.4, -0.2) is 58.8 Å². The summed E-state index contributed by atoms with van der Waals surface area (Å²) in [5.74, 6) is -0.0288. The maximum atomic E-state index is 12.0. The lowest BCUT2D eigenvalue weighted by atomic mass is 10.0. The number of unbranched alkanes of at least 4 members (excludes halogenated alkanes) is 12. The highest BCUT2D eigenvalue weighted by Crippen LogP contribution is 2.14. The smallest absolute Gasteiger partial charge is 0.305 e. The van der Waals surface area contributed by atoms with Crippen molar-refractivity contribution in [3.63, 3.8) is 0 Å². The molecule has 0 rings (SSSR count). The van der Waals surface area contributed by atoms with Crippen molar-refractivity contribution in [1.82, 2.24) is 0 Å². The number of aliphatic hydroxyl groups is 3. The summed E-state index contributed by atoms with van der Waals surface area (Å²) in [5, 5.41) is 30.3. The molecule has 0 aromatic rings. The zero-order chi connectivity index (χ0) is 34.1. The van der Waals surface area contributed by atoms with Crippen LogP contribution in [0.4, 0.5) is 0 Å². The number of carbonyl (C=O) groups excluding carboxylic acids is 2. The third kappa shape index (κ3) is 32.0. The summed E-state index contributed by atoms with van der Waals surface area (Å²) >= 11 is 0. The van der Waals surface area contributed by atoms with Gasteiger partial charge in [0.15, 0.2) is 0 Å². The normalized spacial score (nSPS) is 14.1. The van der Waals surface area contributed by atoms with Crippen molar-refractivity contribution < 1.29 is 34.4 Å². The minimum atomic E-state index is -1.07. The Balaban J connectivity index is 3.71. The molecule has 0 amide bonds. The number of rotatable bonds is 32.